The zero-order chi connectivity index (χ0) is 22.6. The van der Waals surface area contributed by atoms with Crippen LogP contribution < -0.4 is 20.7 Å². The summed E-state index contributed by atoms with van der Waals surface area (Å²) in [6.45, 7) is 2.42. The number of hydrogen-bond donors (Lipinski definition) is 2. The topological polar surface area (TPSA) is 111 Å². The molecule has 0 aliphatic carbocycles. The number of rotatable bonds is 11. The van der Waals surface area contributed by atoms with Gasteiger partial charge in [0.25, 0.3) is 0 Å². The third-order valence-corrected chi connectivity index (χ3v) is 4.29. The molecule has 0 atom stereocenters. The van der Waals surface area contributed by atoms with Gasteiger partial charge < -0.3 is 25.4 Å². The summed E-state index contributed by atoms with van der Waals surface area (Å²) in [5.74, 6) is -0.393. The van der Waals surface area contributed by atoms with Crippen LogP contribution in [0.2, 0.25) is 0 Å². The molecular formula is C23H27N3O5. The first kappa shape index (κ1) is 23.5. The van der Waals surface area contributed by atoms with Gasteiger partial charge in [-0.1, -0.05) is 12.1 Å². The van der Waals surface area contributed by atoms with Gasteiger partial charge in [0.05, 0.1) is 20.3 Å². The van der Waals surface area contributed by atoms with Crippen LogP contribution in [0.3, 0.4) is 0 Å². The lowest BCUT2D eigenvalue weighted by Crippen LogP contribution is -2.35. The molecule has 0 saturated heterocycles. The van der Waals surface area contributed by atoms with Crippen molar-refractivity contribution in [3.63, 3.8) is 0 Å². The first-order chi connectivity index (χ1) is 14.9. The molecule has 164 valence electrons. The monoisotopic (exact) mass is 425 g/mol. The SMILES string of the molecule is CCOC(=O)/C=C/c1ccc(NC(=O)CN(CCC(N)=O)c2ccc(OC)cc2)cc1. The van der Waals surface area contributed by atoms with Crippen LogP contribution in [0.25, 0.3) is 6.08 Å². The predicted octanol–water partition coefficient (Wildman–Crippen LogP) is 2.59. The van der Waals surface area contributed by atoms with Crippen molar-refractivity contribution < 1.29 is 23.9 Å². The Labute approximate surface area is 181 Å². The van der Waals surface area contributed by atoms with Crippen molar-refractivity contribution in [3.8, 4) is 5.75 Å². The average molecular weight is 425 g/mol. The summed E-state index contributed by atoms with van der Waals surface area (Å²) >= 11 is 0. The van der Waals surface area contributed by atoms with E-state index >= 15 is 0 Å². The van der Waals surface area contributed by atoms with Crippen molar-refractivity contribution in [1.82, 2.24) is 0 Å². The van der Waals surface area contributed by atoms with Crippen LogP contribution in [0.5, 0.6) is 5.75 Å². The highest BCUT2D eigenvalue weighted by Gasteiger charge is 2.13. The fourth-order valence-corrected chi connectivity index (χ4v) is 2.74. The number of nitrogens with two attached hydrogens (primary N) is 1. The minimum absolute atomic E-state index is 0.0458. The Morgan fingerprint density at radius 1 is 1.06 bits per heavy atom. The van der Waals surface area contributed by atoms with Crippen molar-refractivity contribution in [2.75, 3.05) is 37.0 Å². The zero-order valence-corrected chi connectivity index (χ0v) is 17.7. The lowest BCUT2D eigenvalue weighted by atomic mass is 10.2. The summed E-state index contributed by atoms with van der Waals surface area (Å²) in [5.41, 5.74) is 7.46. The van der Waals surface area contributed by atoms with E-state index in [9.17, 15) is 14.4 Å². The second-order valence-electron chi connectivity index (χ2n) is 6.59. The van der Waals surface area contributed by atoms with Gasteiger partial charge in [-0.3, -0.25) is 9.59 Å². The number of primary amides is 1. The predicted molar refractivity (Wildman–Crippen MR) is 120 cm³/mol. The van der Waals surface area contributed by atoms with Crippen LogP contribution in [0.15, 0.2) is 54.6 Å². The van der Waals surface area contributed by atoms with Crippen molar-refractivity contribution in [1.29, 1.82) is 0 Å². The van der Waals surface area contributed by atoms with Crippen molar-refractivity contribution in [2.45, 2.75) is 13.3 Å². The van der Waals surface area contributed by atoms with E-state index in [1.54, 1.807) is 61.4 Å². The van der Waals surface area contributed by atoms with Gasteiger partial charge in [0.1, 0.15) is 5.75 Å². The summed E-state index contributed by atoms with van der Waals surface area (Å²) in [7, 11) is 1.57. The van der Waals surface area contributed by atoms with Gasteiger partial charge in [-0.15, -0.1) is 0 Å². The van der Waals surface area contributed by atoms with Crippen molar-refractivity contribution >= 4 is 35.2 Å². The number of ether oxygens (including phenoxy) is 2. The molecule has 0 spiro atoms. The lowest BCUT2D eigenvalue weighted by molar-refractivity contribution is -0.137. The maximum atomic E-state index is 12.6. The number of methoxy groups -OCH3 is 1. The molecule has 0 radical (unpaired) electrons. The van der Waals surface area contributed by atoms with E-state index in [4.69, 9.17) is 15.2 Å². The molecule has 0 fully saturated rings. The molecule has 2 aromatic carbocycles. The average Bonchev–Trinajstić information content (AvgIpc) is 2.76. The Morgan fingerprint density at radius 2 is 1.74 bits per heavy atom. The standard InChI is InChI=1S/C23H27N3O5/c1-3-31-23(29)13-6-17-4-7-18(8-5-17)25-22(28)16-26(15-14-21(24)27)19-9-11-20(30-2)12-10-19/h4-13H,3,14-16H2,1-2H3,(H2,24,27)(H,25,28)/b13-6+. The van der Waals surface area contributed by atoms with Crippen LogP contribution in [-0.4, -0.2) is 44.6 Å². The van der Waals surface area contributed by atoms with Gasteiger partial charge in [-0.05, 0) is 55.0 Å². The summed E-state index contributed by atoms with van der Waals surface area (Å²) in [5, 5.41) is 2.83. The molecule has 0 bridgehead atoms. The highest BCUT2D eigenvalue weighted by Crippen LogP contribution is 2.20. The molecule has 0 aromatic heterocycles. The van der Waals surface area contributed by atoms with Crippen LogP contribution in [0, 0.1) is 0 Å². The smallest absolute Gasteiger partial charge is 0.330 e. The van der Waals surface area contributed by atoms with E-state index in [0.717, 1.165) is 11.3 Å². The van der Waals surface area contributed by atoms with Gasteiger partial charge in [0.15, 0.2) is 0 Å². The first-order valence-electron chi connectivity index (χ1n) is 9.83. The molecule has 0 aliphatic heterocycles. The second kappa shape index (κ2) is 12.0. The summed E-state index contributed by atoms with van der Waals surface area (Å²) < 4.78 is 9.99. The molecule has 31 heavy (non-hydrogen) atoms. The van der Waals surface area contributed by atoms with Gasteiger partial charge in [0.2, 0.25) is 11.8 Å². The quantitative estimate of drug-likeness (QED) is 0.423. The van der Waals surface area contributed by atoms with Crippen LogP contribution in [0.1, 0.15) is 18.9 Å². The largest absolute Gasteiger partial charge is 0.497 e. The van der Waals surface area contributed by atoms with E-state index < -0.39 is 11.9 Å². The van der Waals surface area contributed by atoms with E-state index in [-0.39, 0.29) is 18.9 Å². The van der Waals surface area contributed by atoms with Gasteiger partial charge >= 0.3 is 5.97 Å². The van der Waals surface area contributed by atoms with Gasteiger partial charge in [-0.2, -0.15) is 0 Å². The molecule has 0 saturated carbocycles. The second-order valence-corrected chi connectivity index (χ2v) is 6.59. The van der Waals surface area contributed by atoms with Crippen molar-refractivity contribution in [2.24, 2.45) is 5.73 Å². The molecule has 2 rings (SSSR count). The summed E-state index contributed by atoms with van der Waals surface area (Å²) in [6.07, 6.45) is 3.11. The molecule has 0 unspecified atom stereocenters. The van der Waals surface area contributed by atoms with E-state index in [1.807, 2.05) is 12.1 Å². The van der Waals surface area contributed by atoms with Crippen LogP contribution in [0.4, 0.5) is 11.4 Å². The Balaban J connectivity index is 2.00. The first-order valence-corrected chi connectivity index (χ1v) is 9.83. The molecule has 0 aliphatic rings. The number of amides is 2. The number of carbonyl (C=O) groups excluding carboxylic acids is 3. The third-order valence-electron chi connectivity index (χ3n) is 4.29. The number of carbonyl (C=O) groups is 3. The number of nitrogens with zero attached hydrogens (tertiary/aromatic N) is 1. The fourth-order valence-electron chi connectivity index (χ4n) is 2.74. The Bertz CT molecular complexity index is 908. The van der Waals surface area contributed by atoms with E-state index in [1.165, 1.54) is 6.08 Å². The van der Waals surface area contributed by atoms with Crippen LogP contribution >= 0.6 is 0 Å². The van der Waals surface area contributed by atoms with Crippen molar-refractivity contribution in [3.05, 3.63) is 60.2 Å². The Hall–Kier alpha value is -3.81. The maximum Gasteiger partial charge on any atom is 0.330 e. The number of benzene rings is 2. The third kappa shape index (κ3) is 8.22. The maximum absolute atomic E-state index is 12.6. The van der Waals surface area contributed by atoms with Gasteiger partial charge in [0, 0.05) is 30.4 Å². The number of esters is 1. The Morgan fingerprint density at radius 3 is 2.32 bits per heavy atom. The fraction of sp³-hybridized carbons (Fsp3) is 0.261. The molecule has 2 amide bonds. The number of nitrogens with one attached hydrogen (secondary N) is 1. The minimum Gasteiger partial charge on any atom is -0.497 e. The molecule has 2 aromatic rings. The lowest BCUT2D eigenvalue weighted by Gasteiger charge is -2.24. The highest BCUT2D eigenvalue weighted by molar-refractivity contribution is 5.94. The van der Waals surface area contributed by atoms with Gasteiger partial charge in [-0.25, -0.2) is 4.79 Å². The Kier molecular flexibility index (Phi) is 9.10. The molecule has 8 nitrogen and oxygen atoms in total. The van der Waals surface area contributed by atoms with E-state index in [0.29, 0.717) is 24.6 Å². The highest BCUT2D eigenvalue weighted by atomic mass is 16.5. The number of anilines is 2. The molecular weight excluding hydrogens is 398 g/mol. The van der Waals surface area contributed by atoms with E-state index in [2.05, 4.69) is 5.32 Å². The minimum atomic E-state index is -0.439. The molecule has 3 N–H and O–H groups in total. The summed E-state index contributed by atoms with van der Waals surface area (Å²) in [6, 6.07) is 14.2. The van der Waals surface area contributed by atoms with Crippen LogP contribution in [-0.2, 0) is 19.1 Å². The number of hydrogen-bond acceptors (Lipinski definition) is 6. The zero-order valence-electron chi connectivity index (χ0n) is 17.7. The molecule has 0 heterocycles. The normalized spacial score (nSPS) is 10.5. The summed E-state index contributed by atoms with van der Waals surface area (Å²) in [4.78, 5) is 36.9. The molecule has 8 heteroatoms.